The average molecular weight is 278 g/mol. The Kier molecular flexibility index (Phi) is 3.19. The van der Waals surface area contributed by atoms with Crippen molar-refractivity contribution in [3.05, 3.63) is 33.0 Å². The number of nitrogens with one attached hydrogen (secondary N) is 2. The van der Waals surface area contributed by atoms with Crippen molar-refractivity contribution in [3.8, 4) is 11.5 Å². The molecule has 106 valence electrons. The SMILES string of the molecule is COc1cc2[nH]c(=O)[nH]c(=O)c2cc1O[C@H]1CCOC1. The molecule has 20 heavy (non-hydrogen) atoms. The number of aromatic amines is 2. The van der Waals surface area contributed by atoms with E-state index >= 15 is 0 Å². The Hall–Kier alpha value is -2.28. The molecule has 2 N–H and O–H groups in total. The fraction of sp³-hybridized carbons (Fsp3) is 0.385. The van der Waals surface area contributed by atoms with Crippen LogP contribution >= 0.6 is 0 Å². The van der Waals surface area contributed by atoms with Crippen LogP contribution in [0.15, 0.2) is 21.7 Å². The van der Waals surface area contributed by atoms with Crippen molar-refractivity contribution in [1.82, 2.24) is 9.97 Å². The molecule has 1 fully saturated rings. The maximum Gasteiger partial charge on any atom is 0.326 e. The quantitative estimate of drug-likeness (QED) is 0.847. The van der Waals surface area contributed by atoms with Crippen LogP contribution in [0.4, 0.5) is 0 Å². The van der Waals surface area contributed by atoms with Gasteiger partial charge < -0.3 is 19.2 Å². The normalized spacial score (nSPS) is 18.4. The van der Waals surface area contributed by atoms with Gasteiger partial charge in [0.05, 0.1) is 31.2 Å². The molecule has 0 aliphatic carbocycles. The highest BCUT2D eigenvalue weighted by Crippen LogP contribution is 2.31. The number of fused-ring (bicyclic) bond motifs is 1. The van der Waals surface area contributed by atoms with Gasteiger partial charge in [-0.1, -0.05) is 0 Å². The van der Waals surface area contributed by atoms with Crippen molar-refractivity contribution in [3.63, 3.8) is 0 Å². The van der Waals surface area contributed by atoms with E-state index in [9.17, 15) is 9.59 Å². The third-order valence-electron chi connectivity index (χ3n) is 3.21. The standard InChI is InChI=1S/C13H14N2O5/c1-18-10-5-9-8(12(16)15-13(17)14-9)4-11(10)20-7-2-3-19-6-7/h4-5,7H,2-3,6H2,1H3,(H2,14,15,16,17)/t7-/m0/s1. The number of ether oxygens (including phenoxy) is 3. The summed E-state index contributed by atoms with van der Waals surface area (Å²) in [5.74, 6) is 0.929. The van der Waals surface area contributed by atoms with E-state index in [4.69, 9.17) is 14.2 Å². The highest BCUT2D eigenvalue weighted by atomic mass is 16.6. The molecule has 0 spiro atoms. The number of aromatic nitrogens is 2. The molecule has 1 atom stereocenters. The summed E-state index contributed by atoms with van der Waals surface area (Å²) in [6.07, 6.45) is 0.742. The molecule has 7 heteroatoms. The first-order valence-corrected chi connectivity index (χ1v) is 6.26. The zero-order valence-corrected chi connectivity index (χ0v) is 10.9. The molecule has 0 bridgehead atoms. The predicted octanol–water partition coefficient (Wildman–Crippen LogP) is 0.393. The van der Waals surface area contributed by atoms with E-state index in [2.05, 4.69) is 9.97 Å². The lowest BCUT2D eigenvalue weighted by Crippen LogP contribution is -2.22. The van der Waals surface area contributed by atoms with Crippen LogP contribution in [0.1, 0.15) is 6.42 Å². The fourth-order valence-electron chi connectivity index (χ4n) is 2.21. The third-order valence-corrected chi connectivity index (χ3v) is 3.21. The van der Waals surface area contributed by atoms with Gasteiger partial charge in [0.15, 0.2) is 11.5 Å². The van der Waals surface area contributed by atoms with Gasteiger partial charge in [-0.25, -0.2) is 4.79 Å². The average Bonchev–Trinajstić information content (AvgIpc) is 2.91. The minimum Gasteiger partial charge on any atom is -0.493 e. The Bertz CT molecular complexity index is 742. The maximum absolute atomic E-state index is 11.8. The topological polar surface area (TPSA) is 93.4 Å². The first-order valence-electron chi connectivity index (χ1n) is 6.26. The molecule has 1 aromatic carbocycles. The van der Waals surface area contributed by atoms with Crippen molar-refractivity contribution in [2.24, 2.45) is 0 Å². The molecule has 1 aromatic heterocycles. The van der Waals surface area contributed by atoms with Gasteiger partial charge in [0.2, 0.25) is 0 Å². The molecule has 0 radical (unpaired) electrons. The van der Waals surface area contributed by atoms with E-state index < -0.39 is 11.2 Å². The van der Waals surface area contributed by atoms with E-state index in [1.165, 1.54) is 7.11 Å². The summed E-state index contributed by atoms with van der Waals surface area (Å²) in [6, 6.07) is 3.15. The van der Waals surface area contributed by atoms with Crippen LogP contribution in [0.25, 0.3) is 10.9 Å². The summed E-state index contributed by atoms with van der Waals surface area (Å²) in [5, 5.41) is 0.347. The molecule has 3 rings (SSSR count). The Morgan fingerprint density at radius 1 is 1.25 bits per heavy atom. The van der Waals surface area contributed by atoms with Gasteiger partial charge in [-0.2, -0.15) is 0 Å². The minimum atomic E-state index is -0.553. The largest absolute Gasteiger partial charge is 0.493 e. The molecule has 7 nitrogen and oxygen atoms in total. The molecule has 0 saturated carbocycles. The van der Waals surface area contributed by atoms with E-state index in [0.29, 0.717) is 35.6 Å². The lowest BCUT2D eigenvalue weighted by atomic mass is 10.2. The van der Waals surface area contributed by atoms with Gasteiger partial charge in [-0.3, -0.25) is 9.78 Å². The number of H-pyrrole nitrogens is 2. The van der Waals surface area contributed by atoms with Gasteiger partial charge in [-0.05, 0) is 6.07 Å². The monoisotopic (exact) mass is 278 g/mol. The molecule has 0 amide bonds. The molecule has 0 unspecified atom stereocenters. The first kappa shape index (κ1) is 12.7. The maximum atomic E-state index is 11.8. The second kappa shape index (κ2) is 5.01. The van der Waals surface area contributed by atoms with Gasteiger partial charge in [0.25, 0.3) is 5.56 Å². The number of benzene rings is 1. The fourth-order valence-corrected chi connectivity index (χ4v) is 2.21. The van der Waals surface area contributed by atoms with Gasteiger partial charge in [-0.15, -0.1) is 0 Å². The van der Waals surface area contributed by atoms with Crippen LogP contribution in [0.3, 0.4) is 0 Å². The minimum absolute atomic E-state index is 0.0526. The van der Waals surface area contributed by atoms with Crippen LogP contribution in [0.2, 0.25) is 0 Å². The van der Waals surface area contributed by atoms with Gasteiger partial charge >= 0.3 is 5.69 Å². The Balaban J connectivity index is 2.10. The number of hydrogen-bond acceptors (Lipinski definition) is 5. The van der Waals surface area contributed by atoms with Crippen molar-refractivity contribution < 1.29 is 14.2 Å². The number of hydrogen-bond donors (Lipinski definition) is 2. The smallest absolute Gasteiger partial charge is 0.326 e. The van der Waals surface area contributed by atoms with Gasteiger partial charge in [0, 0.05) is 12.5 Å². The van der Waals surface area contributed by atoms with Crippen molar-refractivity contribution in [2.45, 2.75) is 12.5 Å². The molecular weight excluding hydrogens is 264 g/mol. The Morgan fingerprint density at radius 2 is 2.10 bits per heavy atom. The van der Waals surface area contributed by atoms with Gasteiger partial charge in [0.1, 0.15) is 6.10 Å². The van der Waals surface area contributed by atoms with Crippen molar-refractivity contribution >= 4 is 10.9 Å². The van der Waals surface area contributed by atoms with Crippen LogP contribution in [-0.4, -0.2) is 36.4 Å². The van der Waals surface area contributed by atoms with E-state index in [-0.39, 0.29) is 6.10 Å². The number of methoxy groups -OCH3 is 1. The molecular formula is C13H14N2O5. The summed E-state index contributed by atoms with van der Waals surface area (Å²) < 4.78 is 16.3. The molecule has 2 aromatic rings. The van der Waals surface area contributed by atoms with E-state index in [1.54, 1.807) is 12.1 Å². The summed E-state index contributed by atoms with van der Waals surface area (Å²) in [5.41, 5.74) is -0.605. The molecule has 1 saturated heterocycles. The third kappa shape index (κ3) is 2.27. The summed E-state index contributed by atoms with van der Waals surface area (Å²) in [4.78, 5) is 27.8. The summed E-state index contributed by atoms with van der Waals surface area (Å²) >= 11 is 0. The van der Waals surface area contributed by atoms with Crippen LogP contribution in [0, 0.1) is 0 Å². The predicted molar refractivity (Wildman–Crippen MR) is 71.6 cm³/mol. The lowest BCUT2D eigenvalue weighted by molar-refractivity contribution is 0.139. The van der Waals surface area contributed by atoms with Crippen molar-refractivity contribution in [1.29, 1.82) is 0 Å². The van der Waals surface area contributed by atoms with Crippen molar-refractivity contribution in [2.75, 3.05) is 20.3 Å². The molecule has 1 aliphatic heterocycles. The van der Waals surface area contributed by atoms with Crippen LogP contribution in [-0.2, 0) is 4.74 Å². The van der Waals surface area contributed by atoms with E-state index in [1.807, 2.05) is 0 Å². The zero-order valence-electron chi connectivity index (χ0n) is 10.9. The molecule has 1 aliphatic rings. The second-order valence-electron chi connectivity index (χ2n) is 4.56. The zero-order chi connectivity index (χ0) is 14.1. The Morgan fingerprint density at radius 3 is 2.80 bits per heavy atom. The molecule has 2 heterocycles. The number of rotatable bonds is 3. The van der Waals surface area contributed by atoms with Crippen LogP contribution < -0.4 is 20.7 Å². The summed E-state index contributed by atoms with van der Waals surface area (Å²) in [6.45, 7) is 1.18. The highest BCUT2D eigenvalue weighted by Gasteiger charge is 2.20. The lowest BCUT2D eigenvalue weighted by Gasteiger charge is -2.15. The second-order valence-corrected chi connectivity index (χ2v) is 4.56. The Labute approximate surface area is 113 Å². The van der Waals surface area contributed by atoms with E-state index in [0.717, 1.165) is 6.42 Å². The van der Waals surface area contributed by atoms with Crippen LogP contribution in [0.5, 0.6) is 11.5 Å². The first-order chi connectivity index (χ1) is 9.67. The highest BCUT2D eigenvalue weighted by molar-refractivity contribution is 5.81. The summed E-state index contributed by atoms with van der Waals surface area (Å²) in [7, 11) is 1.50.